The first-order chi connectivity index (χ1) is 6.63. The van der Waals surface area contributed by atoms with Gasteiger partial charge in [-0.15, -0.1) is 0 Å². The summed E-state index contributed by atoms with van der Waals surface area (Å²) < 4.78 is 4.68. The summed E-state index contributed by atoms with van der Waals surface area (Å²) in [4.78, 5) is 19.1. The van der Waals surface area contributed by atoms with Gasteiger partial charge in [-0.25, -0.2) is 9.79 Å². The number of esters is 1. The van der Waals surface area contributed by atoms with Gasteiger partial charge in [-0.05, 0) is 19.9 Å². The topological polar surface area (TPSA) is 77.0 Å². The SMILES string of the molecule is CCOC(=O)C(N)=NC1=CC(C)=NC1. The monoisotopic (exact) mass is 195 g/mol. The lowest BCUT2D eigenvalue weighted by atomic mass is 10.4. The highest BCUT2D eigenvalue weighted by Crippen LogP contribution is 2.06. The molecule has 76 valence electrons. The number of nitrogens with zero attached hydrogens (tertiary/aromatic N) is 2. The van der Waals surface area contributed by atoms with Crippen LogP contribution in [0.25, 0.3) is 0 Å². The zero-order chi connectivity index (χ0) is 10.6. The quantitative estimate of drug-likeness (QED) is 0.390. The van der Waals surface area contributed by atoms with E-state index in [1.54, 1.807) is 13.0 Å². The predicted molar refractivity (Wildman–Crippen MR) is 54.3 cm³/mol. The first kappa shape index (κ1) is 10.4. The van der Waals surface area contributed by atoms with E-state index in [4.69, 9.17) is 5.73 Å². The number of rotatable bonds is 2. The molecule has 0 aromatic heterocycles. The summed E-state index contributed by atoms with van der Waals surface area (Å²) >= 11 is 0. The van der Waals surface area contributed by atoms with Gasteiger partial charge in [0, 0.05) is 5.71 Å². The molecule has 5 nitrogen and oxygen atoms in total. The first-order valence-corrected chi connectivity index (χ1v) is 4.36. The van der Waals surface area contributed by atoms with Gasteiger partial charge in [-0.1, -0.05) is 0 Å². The molecule has 0 saturated heterocycles. The highest BCUT2D eigenvalue weighted by molar-refractivity contribution is 6.35. The molecular weight excluding hydrogens is 182 g/mol. The molecule has 1 heterocycles. The Morgan fingerprint density at radius 2 is 2.50 bits per heavy atom. The maximum atomic E-state index is 11.1. The number of aliphatic imine (C=N–C) groups is 2. The number of hydrogen-bond acceptors (Lipinski definition) is 4. The molecule has 0 amide bonds. The van der Waals surface area contributed by atoms with E-state index in [0.717, 1.165) is 5.71 Å². The molecule has 1 aliphatic rings. The second-order valence-corrected chi connectivity index (χ2v) is 2.81. The van der Waals surface area contributed by atoms with Crippen LogP contribution in [0.2, 0.25) is 0 Å². The Labute approximate surface area is 82.4 Å². The van der Waals surface area contributed by atoms with Crippen LogP contribution in [0.1, 0.15) is 13.8 Å². The Morgan fingerprint density at radius 1 is 1.79 bits per heavy atom. The van der Waals surface area contributed by atoms with Crippen LogP contribution in [0.15, 0.2) is 21.8 Å². The zero-order valence-corrected chi connectivity index (χ0v) is 8.28. The summed E-state index contributed by atoms with van der Waals surface area (Å²) in [5.74, 6) is -0.707. The Hall–Kier alpha value is -1.65. The van der Waals surface area contributed by atoms with Gasteiger partial charge in [0.25, 0.3) is 0 Å². The lowest BCUT2D eigenvalue weighted by molar-refractivity contribution is -0.135. The van der Waals surface area contributed by atoms with E-state index in [1.165, 1.54) is 0 Å². The lowest BCUT2D eigenvalue weighted by Crippen LogP contribution is -2.26. The largest absolute Gasteiger partial charge is 0.460 e. The van der Waals surface area contributed by atoms with Gasteiger partial charge in [0.2, 0.25) is 5.84 Å². The van der Waals surface area contributed by atoms with Gasteiger partial charge >= 0.3 is 5.97 Å². The van der Waals surface area contributed by atoms with Crippen molar-refractivity contribution in [3.05, 3.63) is 11.8 Å². The third-order valence-electron chi connectivity index (χ3n) is 1.61. The fourth-order valence-corrected chi connectivity index (χ4v) is 1.01. The number of ether oxygens (including phenoxy) is 1. The van der Waals surface area contributed by atoms with Gasteiger partial charge in [-0.3, -0.25) is 4.99 Å². The molecule has 0 aliphatic carbocycles. The van der Waals surface area contributed by atoms with E-state index < -0.39 is 5.97 Å². The van der Waals surface area contributed by atoms with Crippen LogP contribution >= 0.6 is 0 Å². The van der Waals surface area contributed by atoms with Gasteiger partial charge in [0.15, 0.2) is 0 Å². The molecule has 0 aromatic carbocycles. The van der Waals surface area contributed by atoms with Crippen molar-refractivity contribution in [3.63, 3.8) is 0 Å². The molecule has 1 rings (SSSR count). The van der Waals surface area contributed by atoms with Crippen molar-refractivity contribution >= 4 is 17.5 Å². The molecule has 0 radical (unpaired) electrons. The smallest absolute Gasteiger partial charge is 0.373 e. The number of carbonyl (C=O) groups is 1. The van der Waals surface area contributed by atoms with Crippen molar-refractivity contribution in [2.24, 2.45) is 15.7 Å². The number of allylic oxidation sites excluding steroid dienone is 1. The van der Waals surface area contributed by atoms with Crippen LogP contribution in [0.3, 0.4) is 0 Å². The van der Waals surface area contributed by atoms with Crippen molar-refractivity contribution in [1.29, 1.82) is 0 Å². The predicted octanol–water partition coefficient (Wildman–Crippen LogP) is 0.265. The third-order valence-corrected chi connectivity index (χ3v) is 1.61. The fraction of sp³-hybridized carbons (Fsp3) is 0.444. The summed E-state index contributed by atoms with van der Waals surface area (Å²) in [5.41, 5.74) is 6.99. The number of nitrogens with two attached hydrogens (primary N) is 1. The van der Waals surface area contributed by atoms with Crippen LogP contribution in [0.5, 0.6) is 0 Å². The van der Waals surface area contributed by atoms with Crippen molar-refractivity contribution < 1.29 is 9.53 Å². The van der Waals surface area contributed by atoms with Crippen molar-refractivity contribution in [2.75, 3.05) is 13.2 Å². The molecular formula is C9H13N3O2. The van der Waals surface area contributed by atoms with Crippen LogP contribution < -0.4 is 5.73 Å². The van der Waals surface area contributed by atoms with E-state index in [0.29, 0.717) is 18.8 Å². The molecule has 5 heteroatoms. The summed E-state index contributed by atoms with van der Waals surface area (Å²) in [7, 11) is 0. The summed E-state index contributed by atoms with van der Waals surface area (Å²) in [5, 5.41) is 0. The highest BCUT2D eigenvalue weighted by Gasteiger charge is 2.10. The van der Waals surface area contributed by atoms with Crippen molar-refractivity contribution in [1.82, 2.24) is 0 Å². The number of carbonyl (C=O) groups excluding carboxylic acids is 1. The second kappa shape index (κ2) is 4.55. The normalized spacial score (nSPS) is 16.3. The Bertz CT molecular complexity index is 329. The summed E-state index contributed by atoms with van der Waals surface area (Å²) in [6.45, 7) is 4.35. The number of amidine groups is 1. The Morgan fingerprint density at radius 3 is 3.00 bits per heavy atom. The van der Waals surface area contributed by atoms with Gasteiger partial charge < -0.3 is 10.5 Å². The van der Waals surface area contributed by atoms with Crippen LogP contribution in [0, 0.1) is 0 Å². The average molecular weight is 195 g/mol. The Balaban J connectivity index is 2.61. The van der Waals surface area contributed by atoms with E-state index >= 15 is 0 Å². The molecule has 14 heavy (non-hydrogen) atoms. The maximum absolute atomic E-state index is 11.1. The van der Waals surface area contributed by atoms with Crippen molar-refractivity contribution in [2.45, 2.75) is 13.8 Å². The lowest BCUT2D eigenvalue weighted by Gasteiger charge is -2.00. The van der Waals surface area contributed by atoms with Gasteiger partial charge in [0.1, 0.15) is 0 Å². The van der Waals surface area contributed by atoms with E-state index in [2.05, 4.69) is 14.7 Å². The van der Waals surface area contributed by atoms with E-state index in [-0.39, 0.29) is 5.84 Å². The molecule has 0 unspecified atom stereocenters. The van der Waals surface area contributed by atoms with Crippen LogP contribution in [0.4, 0.5) is 0 Å². The molecule has 0 atom stereocenters. The first-order valence-electron chi connectivity index (χ1n) is 4.36. The van der Waals surface area contributed by atoms with Crippen LogP contribution in [-0.4, -0.2) is 30.7 Å². The standard InChI is InChI=1S/C9H13N3O2/c1-3-14-9(13)8(10)12-7-4-6(2)11-5-7/h4H,3,5H2,1-2H3,(H2,10,12). The molecule has 0 spiro atoms. The molecule has 0 bridgehead atoms. The summed E-state index contributed by atoms with van der Waals surface area (Å²) in [6, 6.07) is 0. The van der Waals surface area contributed by atoms with Gasteiger partial charge in [0.05, 0.1) is 18.8 Å². The summed E-state index contributed by atoms with van der Waals surface area (Å²) in [6.07, 6.45) is 1.78. The van der Waals surface area contributed by atoms with E-state index in [9.17, 15) is 4.79 Å². The second-order valence-electron chi connectivity index (χ2n) is 2.81. The fourth-order valence-electron chi connectivity index (χ4n) is 1.01. The maximum Gasteiger partial charge on any atom is 0.373 e. The zero-order valence-electron chi connectivity index (χ0n) is 8.28. The van der Waals surface area contributed by atoms with Crippen molar-refractivity contribution in [3.8, 4) is 0 Å². The van der Waals surface area contributed by atoms with Gasteiger partial charge in [-0.2, -0.15) is 0 Å². The molecule has 0 fully saturated rings. The Kier molecular flexibility index (Phi) is 3.39. The minimum Gasteiger partial charge on any atom is -0.460 e. The number of hydrogen-bond donors (Lipinski definition) is 1. The minimum absolute atomic E-state index is 0.122. The molecule has 1 aliphatic heterocycles. The average Bonchev–Trinajstić information content (AvgIpc) is 2.51. The molecule has 2 N–H and O–H groups in total. The third kappa shape index (κ3) is 2.69. The molecule has 0 saturated carbocycles. The molecule has 0 aromatic rings. The van der Waals surface area contributed by atoms with E-state index in [1.807, 2.05) is 6.92 Å². The minimum atomic E-state index is -0.585. The van der Waals surface area contributed by atoms with Crippen LogP contribution in [-0.2, 0) is 9.53 Å². The highest BCUT2D eigenvalue weighted by atomic mass is 16.5.